The molecule has 2 heterocycles. The van der Waals surface area contributed by atoms with Gasteiger partial charge in [0.15, 0.2) is 11.5 Å². The molecule has 0 aromatic heterocycles. The van der Waals surface area contributed by atoms with Crippen molar-refractivity contribution in [1.82, 2.24) is 14.5 Å². The summed E-state index contributed by atoms with van der Waals surface area (Å²) in [5.74, 6) is 0.827. The zero-order chi connectivity index (χ0) is 29.7. The van der Waals surface area contributed by atoms with Crippen LogP contribution >= 0.6 is 11.6 Å². The zero-order valence-corrected chi connectivity index (χ0v) is 25.0. The Kier molecular flexibility index (Phi) is 9.35. The maximum atomic E-state index is 13.5. The molecule has 0 spiro atoms. The fourth-order valence-electron chi connectivity index (χ4n) is 5.06. The quantitative estimate of drug-likeness (QED) is 0.342. The molecule has 222 valence electrons. The number of aryl methyl sites for hydroxylation is 1. The monoisotopic (exact) mass is 611 g/mol. The Morgan fingerprint density at radius 2 is 1.57 bits per heavy atom. The van der Waals surface area contributed by atoms with Crippen molar-refractivity contribution in [3.8, 4) is 11.5 Å². The number of sulfonamides is 1. The summed E-state index contributed by atoms with van der Waals surface area (Å²) >= 11 is 6.05. The summed E-state index contributed by atoms with van der Waals surface area (Å²) in [5, 5.41) is 3.51. The van der Waals surface area contributed by atoms with Crippen LogP contribution in [0.3, 0.4) is 0 Å². The fraction of sp³-hybridized carbons (Fsp3) is 0.355. The highest BCUT2D eigenvalue weighted by molar-refractivity contribution is 7.89. The topological polar surface area (TPSA) is 105 Å². The highest BCUT2D eigenvalue weighted by Crippen LogP contribution is 2.32. The van der Waals surface area contributed by atoms with E-state index in [9.17, 15) is 18.0 Å². The van der Waals surface area contributed by atoms with Gasteiger partial charge in [0.2, 0.25) is 28.6 Å². The maximum absolute atomic E-state index is 13.5. The lowest BCUT2D eigenvalue weighted by Gasteiger charge is -2.29. The van der Waals surface area contributed by atoms with Gasteiger partial charge in [-0.05, 0) is 79.3 Å². The zero-order valence-electron chi connectivity index (χ0n) is 23.4. The number of nitrogens with zero attached hydrogens (tertiary/aromatic N) is 2. The second-order valence-electron chi connectivity index (χ2n) is 10.5. The number of nitrogens with one attached hydrogen (secondary N) is 1. The Bertz CT molecular complexity index is 1520. The third-order valence-corrected chi connectivity index (χ3v) is 9.76. The van der Waals surface area contributed by atoms with Crippen LogP contribution in [0.15, 0.2) is 71.6 Å². The first-order chi connectivity index (χ1) is 20.2. The molecule has 9 nitrogen and oxygen atoms in total. The molecular weight excluding hydrogens is 578 g/mol. The number of rotatable bonds is 11. The number of amides is 2. The van der Waals surface area contributed by atoms with Gasteiger partial charge in [-0.1, -0.05) is 41.9 Å². The van der Waals surface area contributed by atoms with Crippen LogP contribution in [-0.4, -0.2) is 55.4 Å². The predicted octanol–water partition coefficient (Wildman–Crippen LogP) is 4.52. The molecule has 0 saturated carbocycles. The molecule has 11 heteroatoms. The number of hydrogen-bond acceptors (Lipinski definition) is 6. The molecule has 5 rings (SSSR count). The van der Waals surface area contributed by atoms with E-state index in [1.807, 2.05) is 24.3 Å². The molecule has 42 heavy (non-hydrogen) atoms. The Morgan fingerprint density at radius 3 is 2.29 bits per heavy atom. The van der Waals surface area contributed by atoms with Crippen molar-refractivity contribution in [3.05, 3.63) is 88.4 Å². The van der Waals surface area contributed by atoms with E-state index in [1.165, 1.54) is 4.31 Å². The number of benzene rings is 3. The normalized spacial score (nSPS) is 15.4. The molecule has 1 N–H and O–H groups in total. The van der Waals surface area contributed by atoms with Gasteiger partial charge in [-0.3, -0.25) is 9.59 Å². The summed E-state index contributed by atoms with van der Waals surface area (Å²) in [5.41, 5.74) is 2.54. The number of carbonyl (C=O) groups excluding carboxylic acids is 2. The van der Waals surface area contributed by atoms with Crippen molar-refractivity contribution in [1.29, 1.82) is 0 Å². The number of hydrogen-bond donors (Lipinski definition) is 1. The molecular formula is C31H34ClN3O6S. The average molecular weight is 612 g/mol. The van der Waals surface area contributed by atoms with Gasteiger partial charge in [-0.25, -0.2) is 8.42 Å². The fourth-order valence-corrected chi connectivity index (χ4v) is 6.70. The number of ether oxygens (including phenoxy) is 2. The van der Waals surface area contributed by atoms with E-state index in [2.05, 4.69) is 5.32 Å². The first kappa shape index (κ1) is 29.9. The van der Waals surface area contributed by atoms with E-state index >= 15 is 0 Å². The second kappa shape index (κ2) is 13.1. The molecule has 0 bridgehead atoms. The van der Waals surface area contributed by atoms with Crippen molar-refractivity contribution in [2.24, 2.45) is 0 Å². The van der Waals surface area contributed by atoms with Crippen molar-refractivity contribution >= 4 is 33.4 Å². The Labute approximate surface area is 251 Å². The van der Waals surface area contributed by atoms with Crippen LogP contribution in [-0.2, 0) is 39.1 Å². The van der Waals surface area contributed by atoms with E-state index in [1.54, 1.807) is 54.3 Å². The van der Waals surface area contributed by atoms with E-state index in [0.29, 0.717) is 36.0 Å². The molecule has 1 atom stereocenters. The minimum atomic E-state index is -3.50. The van der Waals surface area contributed by atoms with Crippen molar-refractivity contribution < 1.29 is 27.5 Å². The smallest absolute Gasteiger partial charge is 0.243 e. The highest BCUT2D eigenvalue weighted by atomic mass is 35.5. The van der Waals surface area contributed by atoms with Crippen LogP contribution in [0.2, 0.25) is 5.02 Å². The molecule has 3 aromatic rings. The molecule has 3 aromatic carbocycles. The van der Waals surface area contributed by atoms with Gasteiger partial charge >= 0.3 is 0 Å². The highest BCUT2D eigenvalue weighted by Gasteiger charge is 2.28. The molecule has 0 aliphatic carbocycles. The van der Waals surface area contributed by atoms with Crippen LogP contribution in [0.1, 0.15) is 42.9 Å². The van der Waals surface area contributed by atoms with Gasteiger partial charge in [0.05, 0.1) is 4.90 Å². The SMILES string of the molecule is CC(C(=O)NCc1ccc2c(c1)OCO2)N(Cc1ccc(Cl)cc1)C(=O)CCc1ccc(S(=O)(=O)N2CCCC2)cc1. The largest absolute Gasteiger partial charge is 0.454 e. The summed E-state index contributed by atoms with van der Waals surface area (Å²) < 4.78 is 37.9. The lowest BCUT2D eigenvalue weighted by Crippen LogP contribution is -2.47. The molecule has 2 amide bonds. The molecule has 0 radical (unpaired) electrons. The molecule has 1 saturated heterocycles. The van der Waals surface area contributed by atoms with E-state index < -0.39 is 16.1 Å². The summed E-state index contributed by atoms with van der Waals surface area (Å²) in [4.78, 5) is 28.6. The lowest BCUT2D eigenvalue weighted by molar-refractivity contribution is -0.140. The van der Waals surface area contributed by atoms with Gasteiger partial charge in [0.1, 0.15) is 6.04 Å². The predicted molar refractivity (Wildman–Crippen MR) is 159 cm³/mol. The van der Waals surface area contributed by atoms with Gasteiger partial charge in [0.25, 0.3) is 0 Å². The van der Waals surface area contributed by atoms with E-state index in [4.69, 9.17) is 21.1 Å². The number of fused-ring (bicyclic) bond motifs is 1. The van der Waals surface area contributed by atoms with Crippen LogP contribution in [0.25, 0.3) is 0 Å². The first-order valence-electron chi connectivity index (χ1n) is 14.0. The molecule has 1 fully saturated rings. The van der Waals surface area contributed by atoms with Crippen LogP contribution in [0.5, 0.6) is 11.5 Å². The van der Waals surface area contributed by atoms with Gasteiger partial charge in [0, 0.05) is 37.6 Å². The Hall–Kier alpha value is -3.60. The summed E-state index contributed by atoms with van der Waals surface area (Å²) in [7, 11) is -3.50. The minimum Gasteiger partial charge on any atom is -0.454 e. The Balaban J connectivity index is 1.23. The second-order valence-corrected chi connectivity index (χ2v) is 12.9. The van der Waals surface area contributed by atoms with Gasteiger partial charge in [-0.15, -0.1) is 0 Å². The van der Waals surface area contributed by atoms with Crippen LogP contribution < -0.4 is 14.8 Å². The first-order valence-corrected chi connectivity index (χ1v) is 15.8. The number of halogens is 1. The molecule has 2 aliphatic heterocycles. The summed E-state index contributed by atoms with van der Waals surface area (Å²) in [6.45, 7) is 3.48. The summed E-state index contributed by atoms with van der Waals surface area (Å²) in [6, 6.07) is 18.6. The van der Waals surface area contributed by atoms with Crippen LogP contribution in [0, 0.1) is 0 Å². The van der Waals surface area contributed by atoms with Crippen LogP contribution in [0.4, 0.5) is 0 Å². The molecule has 2 aliphatic rings. The van der Waals surface area contributed by atoms with Crippen molar-refractivity contribution in [3.63, 3.8) is 0 Å². The number of carbonyl (C=O) groups is 2. The minimum absolute atomic E-state index is 0.158. The van der Waals surface area contributed by atoms with E-state index in [-0.39, 0.29) is 43.0 Å². The third kappa shape index (κ3) is 7.06. The van der Waals surface area contributed by atoms with Gasteiger partial charge < -0.3 is 19.7 Å². The maximum Gasteiger partial charge on any atom is 0.243 e. The van der Waals surface area contributed by atoms with Crippen molar-refractivity contribution in [2.75, 3.05) is 19.9 Å². The van der Waals surface area contributed by atoms with Crippen molar-refractivity contribution in [2.45, 2.75) is 56.6 Å². The molecule has 1 unspecified atom stereocenters. The average Bonchev–Trinajstić information content (AvgIpc) is 3.71. The standard InChI is InChI=1S/C31H34ClN3O6S/c1-22(31(37)33-19-25-8-14-28-29(18-25)41-21-40-28)35(20-24-4-10-26(32)11-5-24)30(36)15-9-23-6-12-27(13-7-23)42(38,39)34-16-2-3-17-34/h4-8,10-14,18,22H,2-3,9,15-17,19-21H2,1H3,(H,33,37). The third-order valence-electron chi connectivity index (χ3n) is 7.59. The van der Waals surface area contributed by atoms with Gasteiger partial charge in [-0.2, -0.15) is 4.31 Å². The Morgan fingerprint density at radius 1 is 0.929 bits per heavy atom. The summed E-state index contributed by atoms with van der Waals surface area (Å²) in [6.07, 6.45) is 2.32. The lowest BCUT2D eigenvalue weighted by atomic mass is 10.1. The van der Waals surface area contributed by atoms with E-state index in [0.717, 1.165) is 29.5 Å².